The zero-order valence-corrected chi connectivity index (χ0v) is 13.1. The summed E-state index contributed by atoms with van der Waals surface area (Å²) in [7, 11) is 2.12. The Morgan fingerprint density at radius 1 is 1.42 bits per heavy atom. The fourth-order valence-electron chi connectivity index (χ4n) is 2.24. The predicted octanol–water partition coefficient (Wildman–Crippen LogP) is 2.81. The highest BCUT2D eigenvalue weighted by molar-refractivity contribution is 7.99. The Morgan fingerprint density at radius 3 is 2.68 bits per heavy atom. The molecule has 1 atom stereocenters. The van der Waals surface area contributed by atoms with Gasteiger partial charge in [0.15, 0.2) is 0 Å². The van der Waals surface area contributed by atoms with Gasteiger partial charge in [-0.3, -0.25) is 0 Å². The first kappa shape index (κ1) is 14.7. The summed E-state index contributed by atoms with van der Waals surface area (Å²) in [5.41, 5.74) is 2.00. The lowest BCUT2D eigenvalue weighted by molar-refractivity contribution is 0.281. The van der Waals surface area contributed by atoms with Gasteiger partial charge in [0.25, 0.3) is 0 Å². The van der Waals surface area contributed by atoms with Crippen molar-refractivity contribution in [2.45, 2.75) is 45.3 Å². The number of hydrogen-bond donors (Lipinski definition) is 1. The lowest BCUT2D eigenvalue weighted by Gasteiger charge is -2.28. The summed E-state index contributed by atoms with van der Waals surface area (Å²) >= 11 is 2.01. The topological polar surface area (TPSA) is 36.4 Å². The third-order valence-electron chi connectivity index (χ3n) is 3.64. The number of aromatic nitrogens is 1. The normalized spacial score (nSPS) is 19.7. The van der Waals surface area contributed by atoms with Crippen molar-refractivity contribution < 1.29 is 5.11 Å². The third-order valence-corrected chi connectivity index (χ3v) is 4.78. The third kappa shape index (κ3) is 3.42. The second-order valence-electron chi connectivity index (χ2n) is 6.26. The molecule has 1 aliphatic heterocycles. The molecule has 0 bridgehead atoms. The first-order valence-electron chi connectivity index (χ1n) is 6.84. The van der Waals surface area contributed by atoms with Crippen molar-refractivity contribution in [2.75, 3.05) is 23.5 Å². The molecule has 2 heterocycles. The maximum atomic E-state index is 9.45. The first-order chi connectivity index (χ1) is 8.91. The molecule has 2 rings (SSSR count). The molecule has 1 unspecified atom stereocenters. The Morgan fingerprint density at radius 2 is 2.16 bits per heavy atom. The van der Waals surface area contributed by atoms with E-state index in [1.54, 1.807) is 0 Å². The molecule has 1 aromatic heterocycles. The first-order valence-corrected chi connectivity index (χ1v) is 8.00. The predicted molar refractivity (Wildman–Crippen MR) is 83.0 cm³/mol. The van der Waals surface area contributed by atoms with Crippen LogP contribution in [-0.4, -0.2) is 34.7 Å². The van der Waals surface area contributed by atoms with Gasteiger partial charge in [-0.2, -0.15) is 11.8 Å². The van der Waals surface area contributed by atoms with Crippen molar-refractivity contribution in [3.63, 3.8) is 0 Å². The number of aliphatic hydroxyl groups is 1. The summed E-state index contributed by atoms with van der Waals surface area (Å²) in [6.45, 7) is 6.55. The second kappa shape index (κ2) is 5.71. The average molecular weight is 280 g/mol. The van der Waals surface area contributed by atoms with Gasteiger partial charge in [0.2, 0.25) is 0 Å². The number of aliphatic hydroxyl groups excluding tert-OH is 1. The summed E-state index contributed by atoms with van der Waals surface area (Å²) in [5.74, 6) is 3.40. The fraction of sp³-hybridized carbons (Fsp3) is 0.667. The quantitative estimate of drug-likeness (QED) is 0.923. The van der Waals surface area contributed by atoms with Gasteiger partial charge in [-0.25, -0.2) is 4.98 Å². The van der Waals surface area contributed by atoms with E-state index >= 15 is 0 Å². The summed E-state index contributed by atoms with van der Waals surface area (Å²) in [4.78, 5) is 7.07. The standard InChI is InChI=1S/C15H24N2OS/c1-15(2,3)13-7-11(9-18)8-14(16-13)17(4)12-5-6-19-10-12/h7-8,12,18H,5-6,9-10H2,1-4H3. The van der Waals surface area contributed by atoms with Crippen LogP contribution < -0.4 is 4.90 Å². The van der Waals surface area contributed by atoms with Crippen LogP contribution in [0.25, 0.3) is 0 Å². The number of thioether (sulfide) groups is 1. The van der Waals surface area contributed by atoms with E-state index in [4.69, 9.17) is 4.98 Å². The van der Waals surface area contributed by atoms with Gasteiger partial charge in [0.05, 0.1) is 6.61 Å². The second-order valence-corrected chi connectivity index (χ2v) is 7.41. The maximum absolute atomic E-state index is 9.45. The molecule has 0 aliphatic carbocycles. The summed E-state index contributed by atoms with van der Waals surface area (Å²) in [6.07, 6.45) is 1.22. The molecule has 106 valence electrons. The summed E-state index contributed by atoms with van der Waals surface area (Å²) in [5, 5.41) is 9.45. The van der Waals surface area contributed by atoms with Gasteiger partial charge >= 0.3 is 0 Å². The largest absolute Gasteiger partial charge is 0.392 e. The minimum atomic E-state index is 0.00515. The van der Waals surface area contributed by atoms with Crippen molar-refractivity contribution in [3.8, 4) is 0 Å². The molecule has 0 spiro atoms. The maximum Gasteiger partial charge on any atom is 0.129 e. The molecule has 3 nitrogen and oxygen atoms in total. The van der Waals surface area contributed by atoms with E-state index in [-0.39, 0.29) is 12.0 Å². The van der Waals surface area contributed by atoms with Gasteiger partial charge < -0.3 is 10.0 Å². The lowest BCUT2D eigenvalue weighted by atomic mass is 9.91. The zero-order valence-electron chi connectivity index (χ0n) is 12.3. The Bertz CT molecular complexity index is 436. The Labute approximate surface area is 120 Å². The van der Waals surface area contributed by atoms with Crippen molar-refractivity contribution in [1.82, 2.24) is 4.98 Å². The van der Waals surface area contributed by atoms with Crippen LogP contribution in [0.2, 0.25) is 0 Å². The van der Waals surface area contributed by atoms with E-state index in [2.05, 4.69) is 32.7 Å². The molecule has 0 radical (unpaired) electrons. The zero-order chi connectivity index (χ0) is 14.0. The van der Waals surface area contributed by atoms with Crippen LogP contribution in [0, 0.1) is 0 Å². The number of anilines is 1. The molecule has 1 saturated heterocycles. The van der Waals surface area contributed by atoms with Crippen LogP contribution in [0.15, 0.2) is 12.1 Å². The Kier molecular flexibility index (Phi) is 4.41. The van der Waals surface area contributed by atoms with Crippen molar-refractivity contribution in [1.29, 1.82) is 0 Å². The van der Waals surface area contributed by atoms with E-state index in [9.17, 15) is 5.11 Å². The van der Waals surface area contributed by atoms with Crippen molar-refractivity contribution >= 4 is 17.6 Å². The molecule has 19 heavy (non-hydrogen) atoms. The summed E-state index contributed by atoms with van der Waals surface area (Å²) < 4.78 is 0. The molecular weight excluding hydrogens is 256 g/mol. The van der Waals surface area contributed by atoms with E-state index in [1.807, 2.05) is 23.9 Å². The van der Waals surface area contributed by atoms with Gasteiger partial charge in [0, 0.05) is 30.0 Å². The van der Waals surface area contributed by atoms with Gasteiger partial charge in [0.1, 0.15) is 5.82 Å². The Hall–Kier alpha value is -0.740. The monoisotopic (exact) mass is 280 g/mol. The van der Waals surface area contributed by atoms with E-state index in [0.29, 0.717) is 6.04 Å². The molecule has 0 saturated carbocycles. The van der Waals surface area contributed by atoms with E-state index in [1.165, 1.54) is 17.9 Å². The van der Waals surface area contributed by atoms with E-state index < -0.39 is 0 Å². The highest BCUT2D eigenvalue weighted by atomic mass is 32.2. The van der Waals surface area contributed by atoms with Gasteiger partial charge in [-0.05, 0) is 29.9 Å². The van der Waals surface area contributed by atoms with Gasteiger partial charge in [-0.15, -0.1) is 0 Å². The lowest BCUT2D eigenvalue weighted by Crippen LogP contribution is -2.32. The van der Waals surface area contributed by atoms with Crippen LogP contribution in [0.1, 0.15) is 38.4 Å². The summed E-state index contributed by atoms with van der Waals surface area (Å²) in [6, 6.07) is 4.60. The minimum Gasteiger partial charge on any atom is -0.392 e. The SMILES string of the molecule is CN(c1cc(CO)cc(C(C)(C)C)n1)C1CCSC1. The minimum absolute atomic E-state index is 0.00515. The number of hydrogen-bond acceptors (Lipinski definition) is 4. The smallest absolute Gasteiger partial charge is 0.129 e. The Balaban J connectivity index is 2.33. The molecule has 0 aromatic carbocycles. The highest BCUT2D eigenvalue weighted by Crippen LogP contribution is 2.28. The van der Waals surface area contributed by atoms with Crippen molar-refractivity contribution in [2.24, 2.45) is 0 Å². The molecule has 4 heteroatoms. The van der Waals surface area contributed by atoms with Crippen molar-refractivity contribution in [3.05, 3.63) is 23.4 Å². The molecule has 1 aliphatic rings. The van der Waals surface area contributed by atoms with Crippen LogP contribution in [-0.2, 0) is 12.0 Å². The highest BCUT2D eigenvalue weighted by Gasteiger charge is 2.23. The van der Waals surface area contributed by atoms with E-state index in [0.717, 1.165) is 17.1 Å². The number of nitrogens with zero attached hydrogens (tertiary/aromatic N) is 2. The van der Waals surface area contributed by atoms with Gasteiger partial charge in [-0.1, -0.05) is 20.8 Å². The number of pyridine rings is 1. The van der Waals surface area contributed by atoms with Crippen LogP contribution in [0.4, 0.5) is 5.82 Å². The fourth-order valence-corrected chi connectivity index (χ4v) is 3.51. The van der Waals surface area contributed by atoms with Crippen LogP contribution in [0.5, 0.6) is 0 Å². The molecule has 1 fully saturated rings. The number of rotatable bonds is 3. The van der Waals surface area contributed by atoms with Crippen LogP contribution in [0.3, 0.4) is 0 Å². The molecule has 1 aromatic rings. The average Bonchev–Trinajstić information content (AvgIpc) is 2.90. The molecule has 1 N–H and O–H groups in total. The van der Waals surface area contributed by atoms with Crippen LogP contribution >= 0.6 is 11.8 Å². The molecular formula is C15H24N2OS. The molecule has 0 amide bonds.